The van der Waals surface area contributed by atoms with Crippen molar-refractivity contribution in [2.24, 2.45) is 0 Å². The van der Waals surface area contributed by atoms with Gasteiger partial charge in [-0.15, -0.1) is 0 Å². The maximum absolute atomic E-state index is 11.9. The highest BCUT2D eigenvalue weighted by atomic mass is 16.5. The van der Waals surface area contributed by atoms with Gasteiger partial charge in [0.25, 0.3) is 5.56 Å². The molecule has 1 aromatic rings. The van der Waals surface area contributed by atoms with E-state index in [0.29, 0.717) is 30.8 Å². The van der Waals surface area contributed by atoms with Gasteiger partial charge >= 0.3 is 11.9 Å². The van der Waals surface area contributed by atoms with Gasteiger partial charge in [0.1, 0.15) is 0 Å². The molecule has 1 heterocycles. The standard InChI is InChI=1S/C14H19NO5/c1-4-20-12(17)6-5-7-15-10(3)13(14(18)19)9(2)8-11(15)16/h8H,4-7H2,1-3H3,(H,18,19). The highest BCUT2D eigenvalue weighted by Crippen LogP contribution is 2.12. The molecule has 0 aliphatic rings. The minimum absolute atomic E-state index is 0.140. The van der Waals surface area contributed by atoms with E-state index in [1.807, 2.05) is 0 Å². The number of carboxylic acid groups (broad SMARTS) is 1. The molecule has 0 atom stereocenters. The topological polar surface area (TPSA) is 85.6 Å². The zero-order valence-corrected chi connectivity index (χ0v) is 11.9. The average Bonchev–Trinajstić information content (AvgIpc) is 2.32. The molecule has 0 radical (unpaired) electrons. The number of rotatable bonds is 6. The Morgan fingerprint density at radius 3 is 2.55 bits per heavy atom. The van der Waals surface area contributed by atoms with Crippen molar-refractivity contribution in [1.29, 1.82) is 0 Å². The Bertz CT molecular complexity index is 574. The van der Waals surface area contributed by atoms with Crippen LogP contribution in [0.25, 0.3) is 0 Å². The summed E-state index contributed by atoms with van der Waals surface area (Å²) in [5.74, 6) is -1.37. The van der Waals surface area contributed by atoms with Gasteiger partial charge in [-0.2, -0.15) is 0 Å². The van der Waals surface area contributed by atoms with E-state index >= 15 is 0 Å². The first kappa shape index (κ1) is 15.9. The van der Waals surface area contributed by atoms with Crippen LogP contribution in [0.3, 0.4) is 0 Å². The number of esters is 1. The number of aromatic nitrogens is 1. The molecule has 0 amide bonds. The van der Waals surface area contributed by atoms with Crippen LogP contribution in [0.5, 0.6) is 0 Å². The summed E-state index contributed by atoms with van der Waals surface area (Å²) >= 11 is 0. The van der Waals surface area contributed by atoms with Crippen molar-refractivity contribution in [2.45, 2.75) is 40.2 Å². The quantitative estimate of drug-likeness (QED) is 0.799. The predicted molar refractivity (Wildman–Crippen MR) is 73.0 cm³/mol. The fourth-order valence-corrected chi connectivity index (χ4v) is 2.14. The zero-order valence-electron chi connectivity index (χ0n) is 11.9. The fourth-order valence-electron chi connectivity index (χ4n) is 2.14. The van der Waals surface area contributed by atoms with E-state index in [2.05, 4.69) is 0 Å². The molecule has 1 N–H and O–H groups in total. The molecule has 0 saturated heterocycles. The van der Waals surface area contributed by atoms with Gasteiger partial charge in [0.2, 0.25) is 0 Å². The maximum Gasteiger partial charge on any atom is 0.337 e. The molecule has 0 spiro atoms. The predicted octanol–water partition coefficient (Wildman–Crippen LogP) is 1.51. The van der Waals surface area contributed by atoms with Gasteiger partial charge in [0, 0.05) is 24.7 Å². The van der Waals surface area contributed by atoms with Crippen LogP contribution >= 0.6 is 0 Å². The maximum atomic E-state index is 11.9. The van der Waals surface area contributed by atoms with Gasteiger partial charge in [0.05, 0.1) is 12.2 Å². The highest BCUT2D eigenvalue weighted by molar-refractivity contribution is 5.90. The van der Waals surface area contributed by atoms with Crippen LogP contribution in [0, 0.1) is 13.8 Å². The molecule has 0 aliphatic heterocycles. The number of carboxylic acids is 1. The number of nitrogens with zero attached hydrogens (tertiary/aromatic N) is 1. The van der Waals surface area contributed by atoms with Crippen molar-refractivity contribution in [3.8, 4) is 0 Å². The summed E-state index contributed by atoms with van der Waals surface area (Å²) < 4.78 is 6.19. The molecule has 6 heteroatoms. The van der Waals surface area contributed by atoms with Gasteiger partial charge in [-0.1, -0.05) is 0 Å². The third-order valence-electron chi connectivity index (χ3n) is 3.05. The second-order valence-corrected chi connectivity index (χ2v) is 4.49. The van der Waals surface area contributed by atoms with E-state index in [1.165, 1.54) is 10.6 Å². The third-order valence-corrected chi connectivity index (χ3v) is 3.05. The van der Waals surface area contributed by atoms with Crippen molar-refractivity contribution in [3.63, 3.8) is 0 Å². The summed E-state index contributed by atoms with van der Waals surface area (Å²) in [6, 6.07) is 1.31. The van der Waals surface area contributed by atoms with Crippen molar-refractivity contribution < 1.29 is 19.4 Å². The summed E-state index contributed by atoms with van der Waals surface area (Å²) in [5.41, 5.74) is 0.739. The van der Waals surface area contributed by atoms with E-state index < -0.39 is 5.97 Å². The number of aryl methyl sites for hydroxylation is 1. The van der Waals surface area contributed by atoms with Gasteiger partial charge in [-0.3, -0.25) is 9.59 Å². The Labute approximate surface area is 117 Å². The summed E-state index contributed by atoms with van der Waals surface area (Å²) in [7, 11) is 0. The van der Waals surface area contributed by atoms with Crippen LogP contribution in [0.1, 0.15) is 41.4 Å². The molecule has 1 aromatic heterocycles. The summed E-state index contributed by atoms with van der Waals surface area (Å²) in [6.45, 7) is 5.55. The monoisotopic (exact) mass is 281 g/mol. The van der Waals surface area contributed by atoms with Crippen LogP contribution in [-0.4, -0.2) is 28.2 Å². The highest BCUT2D eigenvalue weighted by Gasteiger charge is 2.15. The molecule has 1 rings (SSSR count). The van der Waals surface area contributed by atoms with Crippen molar-refractivity contribution in [3.05, 3.63) is 33.2 Å². The number of hydrogen-bond acceptors (Lipinski definition) is 4. The lowest BCUT2D eigenvalue weighted by molar-refractivity contribution is -0.143. The number of ether oxygens (including phenoxy) is 1. The Morgan fingerprint density at radius 2 is 2.00 bits per heavy atom. The lowest BCUT2D eigenvalue weighted by Gasteiger charge is -2.13. The summed E-state index contributed by atoms with van der Waals surface area (Å²) in [4.78, 5) is 34.3. The van der Waals surface area contributed by atoms with Gasteiger partial charge in [-0.25, -0.2) is 4.79 Å². The van der Waals surface area contributed by atoms with E-state index in [0.717, 1.165) is 0 Å². The van der Waals surface area contributed by atoms with Gasteiger partial charge < -0.3 is 14.4 Å². The van der Waals surface area contributed by atoms with Gasteiger partial charge in [0.15, 0.2) is 0 Å². The Balaban J connectivity index is 2.91. The molecular weight excluding hydrogens is 262 g/mol. The van der Waals surface area contributed by atoms with Gasteiger partial charge in [-0.05, 0) is 32.8 Å². The molecule has 0 aromatic carbocycles. The number of aromatic carboxylic acids is 1. The molecule has 20 heavy (non-hydrogen) atoms. The summed E-state index contributed by atoms with van der Waals surface area (Å²) in [6.07, 6.45) is 0.637. The van der Waals surface area contributed by atoms with Crippen LogP contribution in [0.2, 0.25) is 0 Å². The zero-order chi connectivity index (χ0) is 15.3. The lowest BCUT2D eigenvalue weighted by atomic mass is 10.1. The Hall–Kier alpha value is -2.11. The van der Waals surface area contributed by atoms with Crippen LogP contribution < -0.4 is 5.56 Å². The van der Waals surface area contributed by atoms with Crippen LogP contribution in [-0.2, 0) is 16.1 Å². The number of carbonyl (C=O) groups excluding carboxylic acids is 1. The van der Waals surface area contributed by atoms with E-state index in [1.54, 1.807) is 20.8 Å². The van der Waals surface area contributed by atoms with Crippen molar-refractivity contribution >= 4 is 11.9 Å². The number of pyridine rings is 1. The molecule has 0 aliphatic carbocycles. The first-order valence-electron chi connectivity index (χ1n) is 6.48. The summed E-state index contributed by atoms with van der Waals surface area (Å²) in [5, 5.41) is 9.16. The first-order valence-corrected chi connectivity index (χ1v) is 6.48. The minimum atomic E-state index is -1.06. The van der Waals surface area contributed by atoms with E-state index in [-0.39, 0.29) is 23.5 Å². The van der Waals surface area contributed by atoms with Crippen LogP contribution in [0.4, 0.5) is 0 Å². The SMILES string of the molecule is CCOC(=O)CCCn1c(C)c(C(=O)O)c(C)cc1=O. The normalized spacial score (nSPS) is 10.3. The largest absolute Gasteiger partial charge is 0.478 e. The number of hydrogen-bond donors (Lipinski definition) is 1. The lowest BCUT2D eigenvalue weighted by Crippen LogP contribution is -2.26. The molecule has 0 saturated carbocycles. The third kappa shape index (κ3) is 3.69. The van der Waals surface area contributed by atoms with E-state index in [4.69, 9.17) is 9.84 Å². The van der Waals surface area contributed by atoms with E-state index in [9.17, 15) is 14.4 Å². The first-order chi connectivity index (χ1) is 9.38. The molecule has 0 unspecified atom stereocenters. The Morgan fingerprint density at radius 1 is 1.35 bits per heavy atom. The van der Waals surface area contributed by atoms with Crippen LogP contribution in [0.15, 0.2) is 10.9 Å². The molecule has 6 nitrogen and oxygen atoms in total. The molecular formula is C14H19NO5. The Kier molecular flexibility index (Phi) is 5.49. The second kappa shape index (κ2) is 6.88. The van der Waals surface area contributed by atoms with Crippen molar-refractivity contribution in [2.75, 3.05) is 6.61 Å². The smallest absolute Gasteiger partial charge is 0.337 e. The second-order valence-electron chi connectivity index (χ2n) is 4.49. The molecule has 0 bridgehead atoms. The fraction of sp³-hybridized carbons (Fsp3) is 0.500. The minimum Gasteiger partial charge on any atom is -0.478 e. The average molecular weight is 281 g/mol. The molecule has 110 valence electrons. The number of carbonyl (C=O) groups is 2. The van der Waals surface area contributed by atoms with Crippen molar-refractivity contribution in [1.82, 2.24) is 4.57 Å². The molecule has 0 fully saturated rings.